The fourth-order valence-corrected chi connectivity index (χ4v) is 2.26. The first kappa shape index (κ1) is 17.8. The van der Waals surface area contributed by atoms with Crippen molar-refractivity contribution in [1.82, 2.24) is 4.72 Å². The molecule has 0 aromatic carbocycles. The summed E-state index contributed by atoms with van der Waals surface area (Å²) >= 11 is 0. The number of sulfonamides is 1. The summed E-state index contributed by atoms with van der Waals surface area (Å²) in [5, 5.41) is 17.3. The Morgan fingerprint density at radius 3 is 2.26 bits per heavy atom. The zero-order valence-electron chi connectivity index (χ0n) is 10.8. The van der Waals surface area contributed by atoms with Gasteiger partial charge in [0.2, 0.25) is 10.0 Å². The molecule has 0 bridgehead atoms. The van der Waals surface area contributed by atoms with Crippen LogP contribution in [0.1, 0.15) is 26.7 Å². The van der Waals surface area contributed by atoms with E-state index < -0.39 is 34.4 Å². The Bertz CT molecular complexity index is 404. The Balaban J connectivity index is 4.39. The molecular formula is C10H19NO7S. The molecule has 1 atom stereocenters. The van der Waals surface area contributed by atoms with Gasteiger partial charge >= 0.3 is 11.9 Å². The van der Waals surface area contributed by atoms with E-state index >= 15 is 0 Å². The fraction of sp³-hybridized carbons (Fsp3) is 0.800. The molecule has 112 valence electrons. The predicted molar refractivity (Wildman–Crippen MR) is 66.3 cm³/mol. The van der Waals surface area contributed by atoms with E-state index in [-0.39, 0.29) is 24.9 Å². The van der Waals surface area contributed by atoms with Crippen molar-refractivity contribution in [2.45, 2.75) is 38.8 Å². The lowest BCUT2D eigenvalue weighted by atomic mass is 10.2. The van der Waals surface area contributed by atoms with E-state index in [0.717, 1.165) is 0 Å². The number of carboxylic acids is 2. The van der Waals surface area contributed by atoms with E-state index in [9.17, 15) is 18.0 Å². The first-order chi connectivity index (χ1) is 8.64. The molecule has 0 radical (unpaired) electrons. The number of hydrogen-bond acceptors (Lipinski definition) is 5. The van der Waals surface area contributed by atoms with Gasteiger partial charge in [-0.1, -0.05) is 0 Å². The highest BCUT2D eigenvalue weighted by atomic mass is 32.2. The van der Waals surface area contributed by atoms with Crippen LogP contribution >= 0.6 is 0 Å². The second-order valence-corrected chi connectivity index (χ2v) is 6.05. The zero-order valence-corrected chi connectivity index (χ0v) is 11.6. The summed E-state index contributed by atoms with van der Waals surface area (Å²) in [4.78, 5) is 21.2. The Morgan fingerprint density at radius 1 is 1.26 bits per heavy atom. The standard InChI is InChI=1S/C10H19NO7S/c1-7(2)18-5-6-19(16,17)11-8(10(14)15)3-4-9(12)13/h7-8,11H,3-6H2,1-2H3,(H,12,13)(H,14,15). The molecule has 0 aliphatic heterocycles. The van der Waals surface area contributed by atoms with Crippen molar-refractivity contribution in [1.29, 1.82) is 0 Å². The Labute approximate surface area is 111 Å². The minimum absolute atomic E-state index is 0.0573. The summed E-state index contributed by atoms with van der Waals surface area (Å²) < 4.78 is 30.1. The second kappa shape index (κ2) is 8.08. The first-order valence-electron chi connectivity index (χ1n) is 5.70. The van der Waals surface area contributed by atoms with Crippen LogP contribution in [0.5, 0.6) is 0 Å². The maximum absolute atomic E-state index is 11.6. The number of ether oxygens (including phenoxy) is 1. The van der Waals surface area contributed by atoms with Crippen LogP contribution in [0.3, 0.4) is 0 Å². The van der Waals surface area contributed by atoms with E-state index in [1.165, 1.54) is 0 Å². The molecule has 0 aromatic rings. The Kier molecular flexibility index (Phi) is 7.57. The highest BCUT2D eigenvalue weighted by Gasteiger charge is 2.24. The lowest BCUT2D eigenvalue weighted by molar-refractivity contribution is -0.140. The van der Waals surface area contributed by atoms with E-state index in [2.05, 4.69) is 0 Å². The SMILES string of the molecule is CC(C)OCCS(=O)(=O)NC(CCC(=O)O)C(=O)O. The number of carbonyl (C=O) groups is 2. The molecular weight excluding hydrogens is 278 g/mol. The molecule has 1 unspecified atom stereocenters. The smallest absolute Gasteiger partial charge is 0.321 e. The van der Waals surface area contributed by atoms with Crippen LogP contribution in [-0.4, -0.2) is 55.1 Å². The first-order valence-corrected chi connectivity index (χ1v) is 7.35. The number of hydrogen-bond donors (Lipinski definition) is 3. The molecule has 3 N–H and O–H groups in total. The van der Waals surface area contributed by atoms with Crippen molar-refractivity contribution in [2.75, 3.05) is 12.4 Å². The van der Waals surface area contributed by atoms with E-state index in [0.29, 0.717) is 0 Å². The average molecular weight is 297 g/mol. The van der Waals surface area contributed by atoms with E-state index in [1.807, 2.05) is 4.72 Å². The van der Waals surface area contributed by atoms with Gasteiger partial charge in [0.1, 0.15) is 6.04 Å². The molecule has 0 saturated heterocycles. The van der Waals surface area contributed by atoms with Crippen molar-refractivity contribution < 1.29 is 33.0 Å². The van der Waals surface area contributed by atoms with Crippen molar-refractivity contribution in [3.63, 3.8) is 0 Å². The number of carboxylic acid groups (broad SMARTS) is 2. The van der Waals surface area contributed by atoms with Crippen LogP contribution < -0.4 is 4.72 Å². The maximum atomic E-state index is 11.6. The van der Waals surface area contributed by atoms with E-state index in [4.69, 9.17) is 14.9 Å². The maximum Gasteiger partial charge on any atom is 0.321 e. The van der Waals surface area contributed by atoms with Crippen LogP contribution in [0.2, 0.25) is 0 Å². The van der Waals surface area contributed by atoms with Gasteiger partial charge in [-0.3, -0.25) is 9.59 Å². The molecule has 0 aromatic heterocycles. The van der Waals surface area contributed by atoms with Crippen LogP contribution in [0, 0.1) is 0 Å². The van der Waals surface area contributed by atoms with Gasteiger partial charge in [0.05, 0.1) is 18.5 Å². The monoisotopic (exact) mass is 297 g/mol. The van der Waals surface area contributed by atoms with Gasteiger partial charge in [-0.25, -0.2) is 13.1 Å². The lowest BCUT2D eigenvalue weighted by Crippen LogP contribution is -2.42. The number of nitrogens with one attached hydrogen (secondary N) is 1. The van der Waals surface area contributed by atoms with Crippen LogP contribution in [-0.2, 0) is 24.3 Å². The van der Waals surface area contributed by atoms with Crippen LogP contribution in [0.4, 0.5) is 0 Å². The highest BCUT2D eigenvalue weighted by molar-refractivity contribution is 7.89. The largest absolute Gasteiger partial charge is 0.481 e. The van der Waals surface area contributed by atoms with Gasteiger partial charge in [0.15, 0.2) is 0 Å². The molecule has 0 saturated carbocycles. The average Bonchev–Trinajstić information content (AvgIpc) is 2.22. The Hall–Kier alpha value is -1.19. The third-order valence-electron chi connectivity index (χ3n) is 2.07. The fourth-order valence-electron chi connectivity index (χ4n) is 1.17. The third-order valence-corrected chi connectivity index (χ3v) is 3.42. The molecule has 0 fully saturated rings. The summed E-state index contributed by atoms with van der Waals surface area (Å²) in [5.41, 5.74) is 0. The summed E-state index contributed by atoms with van der Waals surface area (Å²) in [6, 6.07) is -1.44. The minimum Gasteiger partial charge on any atom is -0.481 e. The molecule has 0 heterocycles. The Morgan fingerprint density at radius 2 is 1.84 bits per heavy atom. The quantitative estimate of drug-likeness (QED) is 0.502. The summed E-state index contributed by atoms with van der Waals surface area (Å²) in [5.74, 6) is -2.97. The van der Waals surface area contributed by atoms with Gasteiger partial charge in [-0.2, -0.15) is 0 Å². The van der Waals surface area contributed by atoms with Gasteiger partial charge in [0, 0.05) is 6.42 Å². The van der Waals surface area contributed by atoms with Crippen molar-refractivity contribution >= 4 is 22.0 Å². The van der Waals surface area contributed by atoms with Crippen molar-refractivity contribution in [2.24, 2.45) is 0 Å². The van der Waals surface area contributed by atoms with Crippen LogP contribution in [0.25, 0.3) is 0 Å². The van der Waals surface area contributed by atoms with E-state index in [1.54, 1.807) is 13.8 Å². The lowest BCUT2D eigenvalue weighted by Gasteiger charge is -2.14. The van der Waals surface area contributed by atoms with Crippen molar-refractivity contribution in [3.05, 3.63) is 0 Å². The number of aliphatic carboxylic acids is 2. The molecule has 0 aliphatic carbocycles. The second-order valence-electron chi connectivity index (χ2n) is 4.18. The molecule has 0 rings (SSSR count). The molecule has 0 aliphatic rings. The van der Waals surface area contributed by atoms with Gasteiger partial charge in [-0.15, -0.1) is 0 Å². The van der Waals surface area contributed by atoms with Gasteiger partial charge in [-0.05, 0) is 20.3 Å². The summed E-state index contributed by atoms with van der Waals surface area (Å²) in [7, 11) is -3.82. The topological polar surface area (TPSA) is 130 Å². The minimum atomic E-state index is -3.82. The normalized spacial score (nSPS) is 13.4. The molecule has 0 spiro atoms. The molecule has 9 heteroatoms. The molecule has 8 nitrogen and oxygen atoms in total. The van der Waals surface area contributed by atoms with Crippen LogP contribution in [0.15, 0.2) is 0 Å². The van der Waals surface area contributed by atoms with Gasteiger partial charge < -0.3 is 14.9 Å². The van der Waals surface area contributed by atoms with Gasteiger partial charge in [0.25, 0.3) is 0 Å². The highest BCUT2D eigenvalue weighted by Crippen LogP contribution is 2.01. The molecule has 0 amide bonds. The zero-order chi connectivity index (χ0) is 15.1. The summed E-state index contributed by atoms with van der Waals surface area (Å²) in [6.07, 6.45) is -0.867. The predicted octanol–water partition coefficient (Wildman–Crippen LogP) is -0.351. The third kappa shape index (κ3) is 9.40. The number of rotatable bonds is 10. The summed E-state index contributed by atoms with van der Waals surface area (Å²) in [6.45, 7) is 3.43. The molecule has 19 heavy (non-hydrogen) atoms. The van der Waals surface area contributed by atoms with Crippen molar-refractivity contribution in [3.8, 4) is 0 Å².